The van der Waals surface area contributed by atoms with E-state index in [-0.39, 0.29) is 0 Å². The monoisotopic (exact) mass is 202 g/mol. The fourth-order valence-corrected chi connectivity index (χ4v) is 1.64. The maximum atomic E-state index is 7.20. The molecule has 4 heteroatoms. The zero-order valence-electron chi connectivity index (χ0n) is 8.64. The van der Waals surface area contributed by atoms with Crippen LogP contribution < -0.4 is 5.73 Å². The predicted molar refractivity (Wildman–Crippen MR) is 62.8 cm³/mol. The molecule has 0 saturated carbocycles. The molecular weight excluding hydrogens is 188 g/mol. The number of rotatable bonds is 2. The molecule has 0 amide bonds. The van der Waals surface area contributed by atoms with Crippen molar-refractivity contribution in [1.29, 1.82) is 5.41 Å². The first-order valence-corrected chi connectivity index (χ1v) is 4.79. The van der Waals surface area contributed by atoms with Gasteiger partial charge in [0.2, 0.25) is 0 Å². The van der Waals surface area contributed by atoms with Gasteiger partial charge in [0.1, 0.15) is 11.6 Å². The van der Waals surface area contributed by atoms with Gasteiger partial charge in [-0.2, -0.15) is 0 Å². The summed E-state index contributed by atoms with van der Waals surface area (Å²) >= 11 is 0. The molecule has 4 nitrogen and oxygen atoms in total. The van der Waals surface area contributed by atoms with Crippen molar-refractivity contribution in [2.45, 2.75) is 0 Å². The molecule has 0 spiro atoms. The first kappa shape index (κ1) is 9.58. The van der Waals surface area contributed by atoms with Gasteiger partial charge in [-0.3, -0.25) is 4.57 Å². The summed E-state index contributed by atoms with van der Waals surface area (Å²) in [6.45, 7) is 0.878. The van der Waals surface area contributed by atoms with E-state index in [2.05, 4.69) is 11.0 Å². The Hall–Kier alpha value is -1.97. The molecule has 0 unspecified atom stereocenters. The molecule has 1 aromatic rings. The lowest BCUT2D eigenvalue weighted by molar-refractivity contribution is 0.503. The largest absolute Gasteiger partial charge is 0.384 e. The van der Waals surface area contributed by atoms with Crippen molar-refractivity contribution in [3.8, 4) is 0 Å². The lowest BCUT2D eigenvalue weighted by Gasteiger charge is -2.25. The molecular formula is C11H14N4. The Balaban J connectivity index is 2.45. The van der Waals surface area contributed by atoms with Gasteiger partial charge < -0.3 is 16.0 Å². The number of nitrogens with zero attached hydrogens (tertiary/aromatic N) is 2. The minimum atomic E-state index is 0.610. The van der Waals surface area contributed by atoms with Crippen LogP contribution in [0, 0.1) is 5.41 Å². The number of hydrogen-bond acceptors (Lipinski definition) is 3. The van der Waals surface area contributed by atoms with E-state index in [4.69, 9.17) is 11.1 Å². The maximum Gasteiger partial charge on any atom is 0.117 e. The van der Waals surface area contributed by atoms with Gasteiger partial charge in [-0.15, -0.1) is 0 Å². The summed E-state index contributed by atoms with van der Waals surface area (Å²) in [5.74, 6) is 1.64. The van der Waals surface area contributed by atoms with Crippen molar-refractivity contribution >= 4 is 17.9 Å². The summed E-state index contributed by atoms with van der Waals surface area (Å²) in [5.41, 5.74) is 6.68. The SMILES string of the molecule is CN1CC=CC=C1n1ccc(C=N)c1N. The quantitative estimate of drug-likeness (QED) is 0.711. The number of nitrogens with one attached hydrogen (secondary N) is 1. The van der Waals surface area contributed by atoms with E-state index in [1.807, 2.05) is 36.0 Å². The second-order valence-electron chi connectivity index (χ2n) is 3.50. The van der Waals surface area contributed by atoms with Crippen LogP contribution in [0.15, 0.2) is 30.5 Å². The zero-order valence-corrected chi connectivity index (χ0v) is 8.64. The van der Waals surface area contributed by atoms with Crippen molar-refractivity contribution in [2.24, 2.45) is 0 Å². The van der Waals surface area contributed by atoms with E-state index in [1.54, 1.807) is 0 Å². The van der Waals surface area contributed by atoms with E-state index >= 15 is 0 Å². The predicted octanol–water partition coefficient (Wildman–Crippen LogP) is 1.37. The molecule has 0 fully saturated rings. The average molecular weight is 202 g/mol. The number of hydrogen-bond donors (Lipinski definition) is 2. The molecule has 0 radical (unpaired) electrons. The summed E-state index contributed by atoms with van der Waals surface area (Å²) in [6.07, 6.45) is 9.26. The molecule has 15 heavy (non-hydrogen) atoms. The van der Waals surface area contributed by atoms with E-state index in [0.717, 1.165) is 17.9 Å². The molecule has 2 rings (SSSR count). The van der Waals surface area contributed by atoms with Crippen molar-refractivity contribution in [1.82, 2.24) is 9.47 Å². The topological polar surface area (TPSA) is 58.0 Å². The van der Waals surface area contributed by atoms with Crippen molar-refractivity contribution in [3.05, 3.63) is 36.1 Å². The Bertz CT molecular complexity index is 439. The van der Waals surface area contributed by atoms with Crippen molar-refractivity contribution < 1.29 is 0 Å². The molecule has 3 N–H and O–H groups in total. The fourth-order valence-electron chi connectivity index (χ4n) is 1.64. The van der Waals surface area contributed by atoms with Gasteiger partial charge in [-0.1, -0.05) is 12.2 Å². The highest BCUT2D eigenvalue weighted by Crippen LogP contribution is 2.20. The summed E-state index contributed by atoms with van der Waals surface area (Å²) in [4.78, 5) is 2.10. The fraction of sp³-hybridized carbons (Fsp3) is 0.182. The zero-order chi connectivity index (χ0) is 10.8. The third-order valence-electron chi connectivity index (χ3n) is 2.51. The van der Waals surface area contributed by atoms with Crippen LogP contribution in [0.5, 0.6) is 0 Å². The molecule has 1 aliphatic heterocycles. The molecule has 0 atom stereocenters. The second-order valence-corrected chi connectivity index (χ2v) is 3.50. The van der Waals surface area contributed by atoms with Crippen LogP contribution in [0.4, 0.5) is 5.82 Å². The van der Waals surface area contributed by atoms with Crippen LogP contribution in [-0.4, -0.2) is 29.3 Å². The van der Waals surface area contributed by atoms with Gasteiger partial charge in [-0.25, -0.2) is 0 Å². The standard InChI is InChI=1S/C11H14N4/c1-14-6-3-2-4-10(14)15-7-5-9(8-12)11(15)13/h2-5,7-8,12H,6,13H2,1H3. The highest BCUT2D eigenvalue weighted by atomic mass is 15.3. The van der Waals surface area contributed by atoms with Gasteiger partial charge in [0.05, 0.1) is 0 Å². The second kappa shape index (κ2) is 3.65. The lowest BCUT2D eigenvalue weighted by atomic mass is 10.3. The van der Waals surface area contributed by atoms with E-state index in [0.29, 0.717) is 5.82 Å². The number of nitrogen functional groups attached to an aromatic ring is 1. The molecule has 0 aromatic carbocycles. The molecule has 78 valence electrons. The number of nitrogens with two attached hydrogens (primary N) is 1. The van der Waals surface area contributed by atoms with Crippen LogP contribution in [-0.2, 0) is 0 Å². The van der Waals surface area contributed by atoms with Gasteiger partial charge in [0, 0.05) is 31.6 Å². The summed E-state index contributed by atoms with van der Waals surface area (Å²) in [5, 5.41) is 7.20. The Labute approximate surface area is 88.8 Å². The number of allylic oxidation sites excluding steroid dienone is 2. The number of likely N-dealkylation sites (N-methyl/N-ethyl adjacent to an activating group) is 1. The Kier molecular flexibility index (Phi) is 2.33. The highest BCUT2D eigenvalue weighted by molar-refractivity contribution is 5.85. The molecule has 1 aromatic heterocycles. The van der Waals surface area contributed by atoms with Crippen LogP contribution in [0.2, 0.25) is 0 Å². The molecule has 0 aliphatic carbocycles. The summed E-state index contributed by atoms with van der Waals surface area (Å²) in [6, 6.07) is 1.84. The maximum absolute atomic E-state index is 7.20. The van der Waals surface area contributed by atoms with Crippen LogP contribution in [0.1, 0.15) is 5.56 Å². The number of anilines is 1. The molecule has 0 saturated heterocycles. The highest BCUT2D eigenvalue weighted by Gasteiger charge is 2.11. The van der Waals surface area contributed by atoms with Gasteiger partial charge in [0.15, 0.2) is 0 Å². The van der Waals surface area contributed by atoms with E-state index < -0.39 is 0 Å². The lowest BCUT2D eigenvalue weighted by Crippen LogP contribution is -2.23. The molecule has 1 aliphatic rings. The molecule has 0 bridgehead atoms. The average Bonchev–Trinajstić information content (AvgIpc) is 2.60. The first-order valence-electron chi connectivity index (χ1n) is 4.79. The van der Waals surface area contributed by atoms with E-state index in [1.165, 1.54) is 6.21 Å². The number of aromatic nitrogens is 1. The first-order chi connectivity index (χ1) is 7.24. The normalized spacial score (nSPS) is 15.3. The Morgan fingerprint density at radius 2 is 2.33 bits per heavy atom. The Morgan fingerprint density at radius 3 is 2.93 bits per heavy atom. The van der Waals surface area contributed by atoms with Crippen LogP contribution in [0.3, 0.4) is 0 Å². The summed E-state index contributed by atoms with van der Waals surface area (Å²) < 4.78 is 1.89. The third kappa shape index (κ3) is 1.54. The molecule has 2 heterocycles. The summed E-state index contributed by atoms with van der Waals surface area (Å²) in [7, 11) is 2.01. The van der Waals surface area contributed by atoms with Gasteiger partial charge in [0.25, 0.3) is 0 Å². The van der Waals surface area contributed by atoms with Crippen molar-refractivity contribution in [3.63, 3.8) is 0 Å². The minimum absolute atomic E-state index is 0.610. The van der Waals surface area contributed by atoms with Crippen LogP contribution >= 0.6 is 0 Å². The van der Waals surface area contributed by atoms with Gasteiger partial charge in [-0.05, 0) is 12.1 Å². The van der Waals surface area contributed by atoms with Crippen LogP contribution in [0.25, 0.3) is 5.82 Å². The van der Waals surface area contributed by atoms with E-state index in [9.17, 15) is 0 Å². The smallest absolute Gasteiger partial charge is 0.117 e. The van der Waals surface area contributed by atoms with Crippen molar-refractivity contribution in [2.75, 3.05) is 19.3 Å². The van der Waals surface area contributed by atoms with Gasteiger partial charge >= 0.3 is 0 Å². The third-order valence-corrected chi connectivity index (χ3v) is 2.51. The minimum Gasteiger partial charge on any atom is -0.384 e. The Morgan fingerprint density at radius 1 is 1.53 bits per heavy atom.